The van der Waals surface area contributed by atoms with Crippen molar-refractivity contribution in [3.63, 3.8) is 0 Å². The molecule has 3 aromatic carbocycles. The van der Waals surface area contributed by atoms with E-state index in [1.54, 1.807) is 35.4 Å². The first-order chi connectivity index (χ1) is 19.8. The lowest BCUT2D eigenvalue weighted by Gasteiger charge is -2.40. The Morgan fingerprint density at radius 2 is 1.71 bits per heavy atom. The van der Waals surface area contributed by atoms with E-state index in [1.165, 1.54) is 52.3 Å². The van der Waals surface area contributed by atoms with Crippen LogP contribution in [-0.2, 0) is 5.41 Å². The molecule has 1 spiro atoms. The van der Waals surface area contributed by atoms with Gasteiger partial charge in [0.15, 0.2) is 0 Å². The Morgan fingerprint density at radius 3 is 2.51 bits per heavy atom. The zero-order valence-corrected chi connectivity index (χ0v) is 21.7. The number of anilines is 1. The lowest BCUT2D eigenvalue weighted by atomic mass is 9.74. The van der Waals surface area contributed by atoms with Gasteiger partial charge in [0, 0.05) is 47.8 Å². The number of piperidine rings is 1. The minimum absolute atomic E-state index is 0.00248. The van der Waals surface area contributed by atoms with E-state index >= 15 is 0 Å². The monoisotopic (exact) mass is 556 g/mol. The fraction of sp³-hybridized carbons (Fsp3) is 0.200. The van der Waals surface area contributed by atoms with Gasteiger partial charge in [-0.2, -0.15) is 0 Å². The molecule has 8 nitrogen and oxygen atoms in total. The maximum atomic E-state index is 14.8. The summed E-state index contributed by atoms with van der Waals surface area (Å²) in [6.45, 7) is 0.882. The van der Waals surface area contributed by atoms with Crippen LogP contribution in [0.1, 0.15) is 39.4 Å². The molecule has 206 valence electrons. The molecule has 2 aliphatic heterocycles. The predicted molar refractivity (Wildman–Crippen MR) is 144 cm³/mol. The van der Waals surface area contributed by atoms with Gasteiger partial charge in [0.05, 0.1) is 11.3 Å². The topological polar surface area (TPSA) is 87.1 Å². The smallest absolute Gasteiger partial charge is 0.297 e. The average Bonchev–Trinajstić information content (AvgIpc) is 3.71. The highest BCUT2D eigenvalue weighted by Crippen LogP contribution is 2.47. The van der Waals surface area contributed by atoms with Crippen molar-refractivity contribution in [2.75, 3.05) is 24.5 Å². The zero-order chi connectivity index (χ0) is 28.3. The van der Waals surface area contributed by atoms with Crippen molar-refractivity contribution in [3.8, 4) is 5.69 Å². The van der Waals surface area contributed by atoms with Gasteiger partial charge in [-0.1, -0.05) is 6.07 Å². The second-order valence-electron chi connectivity index (χ2n) is 10.5. The van der Waals surface area contributed by atoms with Crippen LogP contribution in [-0.4, -0.2) is 56.1 Å². The maximum Gasteiger partial charge on any atom is 0.297 e. The van der Waals surface area contributed by atoms with E-state index in [0.29, 0.717) is 48.4 Å². The number of amides is 2. The zero-order valence-electron chi connectivity index (χ0n) is 21.7. The largest absolute Gasteiger partial charge is 0.361 e. The summed E-state index contributed by atoms with van der Waals surface area (Å²) >= 11 is 0. The third kappa shape index (κ3) is 4.16. The van der Waals surface area contributed by atoms with Crippen LogP contribution in [0.5, 0.6) is 0 Å². The van der Waals surface area contributed by atoms with Crippen molar-refractivity contribution in [1.29, 1.82) is 0 Å². The molecule has 0 radical (unpaired) electrons. The second-order valence-corrected chi connectivity index (χ2v) is 10.5. The Bertz CT molecular complexity index is 1840. The molecule has 1 fully saturated rings. The van der Waals surface area contributed by atoms with Gasteiger partial charge in [0.1, 0.15) is 23.8 Å². The summed E-state index contributed by atoms with van der Waals surface area (Å²) in [7, 11) is 0. The molecular weight excluding hydrogens is 533 g/mol. The number of halogens is 3. The van der Waals surface area contributed by atoms with Crippen molar-refractivity contribution >= 4 is 28.4 Å². The molecule has 0 aliphatic carbocycles. The van der Waals surface area contributed by atoms with Gasteiger partial charge in [-0.3, -0.25) is 9.59 Å². The second kappa shape index (κ2) is 9.33. The molecule has 4 heterocycles. The van der Waals surface area contributed by atoms with E-state index < -0.39 is 34.7 Å². The number of carbonyl (C=O) groups excluding carboxylic acids is 2. The molecule has 1 N–H and O–H groups in total. The highest BCUT2D eigenvalue weighted by Gasteiger charge is 2.48. The summed E-state index contributed by atoms with van der Waals surface area (Å²) in [6, 6.07) is 14.7. The van der Waals surface area contributed by atoms with Gasteiger partial charge >= 0.3 is 0 Å². The Balaban J connectivity index is 1.14. The van der Waals surface area contributed by atoms with Crippen molar-refractivity contribution in [2.24, 2.45) is 0 Å². The number of hydrogen-bond donors (Lipinski definition) is 1. The van der Waals surface area contributed by atoms with Crippen LogP contribution in [0.2, 0.25) is 0 Å². The van der Waals surface area contributed by atoms with Gasteiger partial charge in [-0.25, -0.2) is 22.8 Å². The van der Waals surface area contributed by atoms with Crippen molar-refractivity contribution in [1.82, 2.24) is 24.6 Å². The van der Waals surface area contributed by atoms with Crippen LogP contribution in [0.4, 0.5) is 18.9 Å². The van der Waals surface area contributed by atoms with Gasteiger partial charge in [-0.05, 0) is 73.0 Å². The van der Waals surface area contributed by atoms with E-state index in [0.717, 1.165) is 5.39 Å². The van der Waals surface area contributed by atoms with Crippen LogP contribution < -0.4 is 4.90 Å². The molecule has 7 rings (SSSR count). The number of rotatable bonds is 3. The molecule has 0 atom stereocenters. The van der Waals surface area contributed by atoms with E-state index in [4.69, 9.17) is 0 Å². The van der Waals surface area contributed by atoms with Gasteiger partial charge in [0.25, 0.3) is 11.8 Å². The number of hydrogen-bond acceptors (Lipinski definition) is 4. The first-order valence-corrected chi connectivity index (χ1v) is 13.2. The predicted octanol–water partition coefficient (Wildman–Crippen LogP) is 5.00. The van der Waals surface area contributed by atoms with Crippen molar-refractivity contribution in [2.45, 2.75) is 18.3 Å². The number of carbonyl (C=O) groups is 2. The van der Waals surface area contributed by atoms with E-state index in [2.05, 4.69) is 15.1 Å². The molecule has 5 aromatic rings. The third-order valence-electron chi connectivity index (χ3n) is 8.16. The Labute approximate surface area is 232 Å². The summed E-state index contributed by atoms with van der Waals surface area (Å²) in [4.78, 5) is 37.2. The number of H-pyrrole nitrogens is 1. The van der Waals surface area contributed by atoms with Crippen LogP contribution in [0, 0.1) is 17.5 Å². The van der Waals surface area contributed by atoms with E-state index in [-0.39, 0.29) is 17.9 Å². The number of aromatic amines is 1. The normalized spacial score (nSPS) is 16.0. The minimum atomic E-state index is -0.599. The average molecular weight is 557 g/mol. The lowest BCUT2D eigenvalue weighted by Crippen LogP contribution is -2.48. The number of nitrogens with one attached hydrogen (secondary N) is 1. The molecular formula is C30H23F3N6O2. The Morgan fingerprint density at radius 1 is 0.902 bits per heavy atom. The van der Waals surface area contributed by atoms with Gasteiger partial charge < -0.3 is 14.8 Å². The molecule has 0 unspecified atom stereocenters. The Hall–Kier alpha value is -4.93. The summed E-state index contributed by atoms with van der Waals surface area (Å²) in [6.07, 6.45) is 3.94. The fourth-order valence-corrected chi connectivity index (χ4v) is 6.02. The maximum absolute atomic E-state index is 14.8. The lowest BCUT2D eigenvalue weighted by molar-refractivity contribution is 0.0666. The van der Waals surface area contributed by atoms with Gasteiger partial charge in [0.2, 0.25) is 5.82 Å². The molecule has 2 aliphatic rings. The Kier molecular flexibility index (Phi) is 5.70. The minimum Gasteiger partial charge on any atom is -0.361 e. The van der Waals surface area contributed by atoms with E-state index in [1.807, 2.05) is 0 Å². The third-order valence-corrected chi connectivity index (χ3v) is 8.16. The summed E-state index contributed by atoms with van der Waals surface area (Å²) in [5, 5.41) is 5.01. The van der Waals surface area contributed by atoms with Crippen LogP contribution >= 0.6 is 0 Å². The molecule has 2 amide bonds. The van der Waals surface area contributed by atoms with Crippen molar-refractivity contribution < 1.29 is 22.8 Å². The SMILES string of the molecule is O=C(c1cc2cc[nH]c2cc1F)N1CCC2(CC1)CN(C(=O)c1ncn(-c3cccc(F)c3)n1)c1ccc(F)cc12. The molecule has 11 heteroatoms. The first-order valence-electron chi connectivity index (χ1n) is 13.2. The van der Waals surface area contributed by atoms with Gasteiger partial charge in [-0.15, -0.1) is 5.10 Å². The van der Waals surface area contributed by atoms with Crippen LogP contribution in [0.25, 0.3) is 16.6 Å². The number of fused-ring (bicyclic) bond motifs is 3. The highest BCUT2D eigenvalue weighted by atomic mass is 19.1. The fourth-order valence-electron chi connectivity index (χ4n) is 6.02. The molecule has 1 saturated heterocycles. The quantitative estimate of drug-likeness (QED) is 0.339. The number of aromatic nitrogens is 4. The molecule has 0 bridgehead atoms. The van der Waals surface area contributed by atoms with Crippen LogP contribution in [0.3, 0.4) is 0 Å². The summed E-state index contributed by atoms with van der Waals surface area (Å²) in [5.41, 5.74) is 1.67. The highest BCUT2D eigenvalue weighted by molar-refractivity contribution is 6.05. The molecule has 2 aromatic heterocycles. The number of benzene rings is 3. The summed E-state index contributed by atoms with van der Waals surface area (Å²) in [5.74, 6) is -2.42. The summed E-state index contributed by atoms with van der Waals surface area (Å²) < 4.78 is 44.3. The number of likely N-dealkylation sites (tertiary alicyclic amines) is 1. The van der Waals surface area contributed by atoms with E-state index in [9.17, 15) is 22.8 Å². The van der Waals surface area contributed by atoms with Crippen molar-refractivity contribution in [3.05, 3.63) is 108 Å². The molecule has 0 saturated carbocycles. The number of nitrogens with zero attached hydrogens (tertiary/aromatic N) is 5. The van der Waals surface area contributed by atoms with Crippen LogP contribution in [0.15, 0.2) is 73.2 Å². The first kappa shape index (κ1) is 25.1. The standard InChI is InChI=1S/C30H23F3N6O2/c31-19-2-1-3-21(13-19)39-17-35-27(36-39)29(41)38-16-30(23-14-20(32)4-5-26(23)38)7-10-37(11-8-30)28(40)22-12-18-6-9-34-25(18)15-24(22)33/h1-6,9,12-15,17,34H,7-8,10-11,16H2. The molecule has 41 heavy (non-hydrogen) atoms.